The molecule has 1 heteroatoms. The molecule has 94 valence electrons. The van der Waals surface area contributed by atoms with Gasteiger partial charge >= 0.3 is 0 Å². The van der Waals surface area contributed by atoms with Gasteiger partial charge in [-0.25, -0.2) is 0 Å². The molecular weight excluding hydrogens is 218 g/mol. The van der Waals surface area contributed by atoms with Crippen LogP contribution < -0.4 is 5.32 Å². The van der Waals surface area contributed by atoms with Crippen LogP contribution in [0.4, 0.5) is 0 Å². The van der Waals surface area contributed by atoms with Gasteiger partial charge in [-0.1, -0.05) is 49.4 Å². The summed E-state index contributed by atoms with van der Waals surface area (Å²) in [6.07, 6.45) is 2.63. The molecule has 1 saturated heterocycles. The summed E-state index contributed by atoms with van der Waals surface area (Å²) < 4.78 is 0. The van der Waals surface area contributed by atoms with E-state index >= 15 is 0 Å². The molecule has 2 aromatic carbocycles. The average Bonchev–Trinajstić information content (AvgIpc) is 2.47. The van der Waals surface area contributed by atoms with Crippen molar-refractivity contribution in [3.63, 3.8) is 0 Å². The van der Waals surface area contributed by atoms with E-state index in [1.54, 1.807) is 0 Å². The first-order chi connectivity index (χ1) is 8.84. The number of hydrogen-bond acceptors (Lipinski definition) is 1. The number of hydrogen-bond donors (Lipinski definition) is 1. The van der Waals surface area contributed by atoms with E-state index in [-0.39, 0.29) is 0 Å². The third-order valence-electron chi connectivity index (χ3n) is 4.39. The maximum Gasteiger partial charge on any atom is -0.00461 e. The van der Waals surface area contributed by atoms with Crippen molar-refractivity contribution in [2.75, 3.05) is 13.1 Å². The molecule has 0 aromatic heterocycles. The molecule has 0 spiro atoms. The zero-order chi connectivity index (χ0) is 12.4. The minimum atomic E-state index is 0.678. The van der Waals surface area contributed by atoms with Gasteiger partial charge in [0, 0.05) is 0 Å². The Morgan fingerprint density at radius 2 is 1.72 bits per heavy atom. The molecule has 0 amide bonds. The van der Waals surface area contributed by atoms with E-state index in [9.17, 15) is 0 Å². The molecule has 1 aliphatic heterocycles. The van der Waals surface area contributed by atoms with E-state index in [1.807, 2.05) is 0 Å². The van der Waals surface area contributed by atoms with Crippen LogP contribution >= 0.6 is 0 Å². The summed E-state index contributed by atoms with van der Waals surface area (Å²) in [7, 11) is 0. The Morgan fingerprint density at radius 1 is 1.00 bits per heavy atom. The van der Waals surface area contributed by atoms with Crippen LogP contribution in [0.3, 0.4) is 0 Å². The molecule has 0 bridgehead atoms. The van der Waals surface area contributed by atoms with E-state index in [2.05, 4.69) is 54.7 Å². The van der Waals surface area contributed by atoms with E-state index in [0.717, 1.165) is 5.92 Å². The summed E-state index contributed by atoms with van der Waals surface area (Å²) in [5, 5.41) is 6.17. The number of nitrogens with one attached hydrogen (secondary N) is 1. The van der Waals surface area contributed by atoms with E-state index in [0.29, 0.717) is 5.92 Å². The minimum absolute atomic E-state index is 0.678. The van der Waals surface area contributed by atoms with Crippen molar-refractivity contribution in [1.29, 1.82) is 0 Å². The summed E-state index contributed by atoms with van der Waals surface area (Å²) in [4.78, 5) is 0. The summed E-state index contributed by atoms with van der Waals surface area (Å²) in [6, 6.07) is 15.6. The third-order valence-corrected chi connectivity index (χ3v) is 4.39. The van der Waals surface area contributed by atoms with Gasteiger partial charge in [0.25, 0.3) is 0 Å². The Kier molecular flexibility index (Phi) is 3.33. The maximum atomic E-state index is 3.45. The molecule has 1 fully saturated rings. The average molecular weight is 239 g/mol. The van der Waals surface area contributed by atoms with Crippen LogP contribution in [-0.2, 0) is 0 Å². The molecule has 1 heterocycles. The van der Waals surface area contributed by atoms with Gasteiger partial charge in [-0.3, -0.25) is 0 Å². The lowest BCUT2D eigenvalue weighted by molar-refractivity contribution is 0.330. The third kappa shape index (κ3) is 2.28. The highest BCUT2D eigenvalue weighted by Gasteiger charge is 2.21. The fourth-order valence-corrected chi connectivity index (χ4v) is 3.11. The second kappa shape index (κ2) is 5.11. The second-order valence-electron chi connectivity index (χ2n) is 5.48. The summed E-state index contributed by atoms with van der Waals surface area (Å²) in [6.45, 7) is 4.76. The Balaban J connectivity index is 1.88. The Bertz CT molecular complexity index is 526. The highest BCUT2D eigenvalue weighted by molar-refractivity contribution is 5.83. The topological polar surface area (TPSA) is 12.0 Å². The molecule has 1 aliphatic rings. The molecule has 1 N–H and O–H groups in total. The van der Waals surface area contributed by atoms with E-state index < -0.39 is 0 Å². The number of piperidine rings is 1. The molecule has 0 radical (unpaired) electrons. The minimum Gasteiger partial charge on any atom is -0.317 e. The Labute approximate surface area is 109 Å². The normalized spacial score (nSPS) is 18.9. The number of benzene rings is 2. The molecule has 1 nitrogen and oxygen atoms in total. The SMILES string of the molecule is CC(c1ccc2ccccc2c1)C1CCNCC1. The fraction of sp³-hybridized carbons (Fsp3) is 0.412. The first-order valence-corrected chi connectivity index (χ1v) is 7.04. The Morgan fingerprint density at radius 3 is 2.50 bits per heavy atom. The van der Waals surface area contributed by atoms with Gasteiger partial charge in [-0.15, -0.1) is 0 Å². The molecule has 0 aliphatic carbocycles. The first kappa shape index (κ1) is 11.7. The lowest BCUT2D eigenvalue weighted by atomic mass is 9.81. The van der Waals surface area contributed by atoms with Crippen molar-refractivity contribution in [1.82, 2.24) is 5.32 Å². The highest BCUT2D eigenvalue weighted by atomic mass is 14.9. The fourth-order valence-electron chi connectivity index (χ4n) is 3.11. The Hall–Kier alpha value is -1.34. The van der Waals surface area contributed by atoms with Crippen molar-refractivity contribution in [2.24, 2.45) is 5.92 Å². The summed E-state index contributed by atoms with van der Waals surface area (Å²) >= 11 is 0. The van der Waals surface area contributed by atoms with Gasteiger partial charge in [0.1, 0.15) is 0 Å². The van der Waals surface area contributed by atoms with E-state index in [1.165, 1.54) is 42.3 Å². The van der Waals surface area contributed by atoms with Gasteiger partial charge in [-0.05, 0) is 54.1 Å². The van der Waals surface area contributed by atoms with Crippen LogP contribution in [0.2, 0.25) is 0 Å². The van der Waals surface area contributed by atoms with E-state index in [4.69, 9.17) is 0 Å². The predicted octanol–water partition coefficient (Wildman–Crippen LogP) is 3.94. The van der Waals surface area contributed by atoms with Crippen molar-refractivity contribution in [3.05, 3.63) is 48.0 Å². The van der Waals surface area contributed by atoms with Gasteiger partial charge in [0.2, 0.25) is 0 Å². The highest BCUT2D eigenvalue weighted by Crippen LogP contribution is 2.32. The lowest BCUT2D eigenvalue weighted by Crippen LogP contribution is -2.30. The first-order valence-electron chi connectivity index (χ1n) is 7.04. The zero-order valence-electron chi connectivity index (χ0n) is 11.0. The van der Waals surface area contributed by atoms with Crippen LogP contribution in [0.15, 0.2) is 42.5 Å². The van der Waals surface area contributed by atoms with Gasteiger partial charge in [-0.2, -0.15) is 0 Å². The molecule has 3 rings (SSSR count). The van der Waals surface area contributed by atoms with Crippen LogP contribution in [0, 0.1) is 5.92 Å². The van der Waals surface area contributed by atoms with Gasteiger partial charge < -0.3 is 5.32 Å². The molecule has 1 unspecified atom stereocenters. The smallest absolute Gasteiger partial charge is 0.00461 e. The number of rotatable bonds is 2. The van der Waals surface area contributed by atoms with Crippen molar-refractivity contribution in [2.45, 2.75) is 25.7 Å². The van der Waals surface area contributed by atoms with Crippen LogP contribution in [0.5, 0.6) is 0 Å². The summed E-state index contributed by atoms with van der Waals surface area (Å²) in [5.74, 6) is 1.52. The molecule has 18 heavy (non-hydrogen) atoms. The van der Waals surface area contributed by atoms with Gasteiger partial charge in [0.15, 0.2) is 0 Å². The molecule has 1 atom stereocenters. The van der Waals surface area contributed by atoms with Crippen LogP contribution in [-0.4, -0.2) is 13.1 Å². The summed E-state index contributed by atoms with van der Waals surface area (Å²) in [5.41, 5.74) is 1.50. The van der Waals surface area contributed by atoms with Crippen molar-refractivity contribution >= 4 is 10.8 Å². The maximum absolute atomic E-state index is 3.45. The molecule has 2 aromatic rings. The number of fused-ring (bicyclic) bond motifs is 1. The zero-order valence-corrected chi connectivity index (χ0v) is 11.0. The van der Waals surface area contributed by atoms with Crippen molar-refractivity contribution in [3.8, 4) is 0 Å². The predicted molar refractivity (Wildman–Crippen MR) is 78.0 cm³/mol. The standard InChI is InChI=1S/C17H21N/c1-13(14-8-10-18-11-9-14)16-7-6-15-4-2-3-5-17(15)12-16/h2-7,12-14,18H,8-11H2,1H3. The quantitative estimate of drug-likeness (QED) is 0.837. The monoisotopic (exact) mass is 239 g/mol. The molecular formula is C17H21N. The van der Waals surface area contributed by atoms with Gasteiger partial charge in [0.05, 0.1) is 0 Å². The molecule has 0 saturated carbocycles. The van der Waals surface area contributed by atoms with Crippen LogP contribution in [0.25, 0.3) is 10.8 Å². The van der Waals surface area contributed by atoms with Crippen molar-refractivity contribution < 1.29 is 0 Å². The lowest BCUT2D eigenvalue weighted by Gasteiger charge is -2.28. The largest absolute Gasteiger partial charge is 0.317 e. The second-order valence-corrected chi connectivity index (χ2v) is 5.48. The van der Waals surface area contributed by atoms with Crippen LogP contribution in [0.1, 0.15) is 31.2 Å².